The van der Waals surface area contributed by atoms with Gasteiger partial charge in [-0.05, 0) is 28.1 Å². The number of amides is 1. The highest BCUT2D eigenvalue weighted by molar-refractivity contribution is 9.10. The van der Waals surface area contributed by atoms with E-state index >= 15 is 0 Å². The zero-order valence-corrected chi connectivity index (χ0v) is 12.4. The van der Waals surface area contributed by atoms with Crippen molar-refractivity contribution in [3.8, 4) is 0 Å². The second-order valence-electron chi connectivity index (χ2n) is 4.92. The molecule has 110 valence electrons. The molecule has 5 nitrogen and oxygen atoms in total. The number of nitrogen functional groups attached to an aromatic ring is 1. The minimum absolute atomic E-state index is 0.0329. The number of hydrogen-bond donors (Lipinski definition) is 1. The standard InChI is InChI=1S/C13H11BrF2N4O/c14-8-5-18-11(17)7-1-2-9(19-10(7)8)12(21)20-4-3-13(15,16)6-20/h1-2,5H,3-4,6H2,(H2,17,18). The van der Waals surface area contributed by atoms with E-state index in [9.17, 15) is 13.6 Å². The number of pyridine rings is 2. The third-order valence-corrected chi connectivity index (χ3v) is 3.97. The summed E-state index contributed by atoms with van der Waals surface area (Å²) in [5.74, 6) is -3.02. The van der Waals surface area contributed by atoms with Crippen LogP contribution >= 0.6 is 15.9 Å². The van der Waals surface area contributed by atoms with E-state index in [0.717, 1.165) is 4.90 Å². The number of nitrogens with two attached hydrogens (primary N) is 1. The average molecular weight is 357 g/mol. The van der Waals surface area contributed by atoms with E-state index in [1.54, 1.807) is 6.07 Å². The van der Waals surface area contributed by atoms with E-state index in [4.69, 9.17) is 5.73 Å². The summed E-state index contributed by atoms with van der Waals surface area (Å²) < 4.78 is 27.0. The summed E-state index contributed by atoms with van der Waals surface area (Å²) in [5, 5.41) is 0.604. The minimum atomic E-state index is -2.82. The van der Waals surface area contributed by atoms with Crippen LogP contribution < -0.4 is 5.73 Å². The van der Waals surface area contributed by atoms with Crippen molar-refractivity contribution in [3.63, 3.8) is 0 Å². The molecular weight excluding hydrogens is 346 g/mol. The zero-order chi connectivity index (χ0) is 15.2. The van der Waals surface area contributed by atoms with Gasteiger partial charge in [-0.3, -0.25) is 4.79 Å². The molecule has 0 aromatic carbocycles. The first-order valence-electron chi connectivity index (χ1n) is 6.25. The maximum atomic E-state index is 13.2. The summed E-state index contributed by atoms with van der Waals surface area (Å²) in [6.45, 7) is -0.531. The Morgan fingerprint density at radius 3 is 2.86 bits per heavy atom. The maximum Gasteiger partial charge on any atom is 0.272 e. The first kappa shape index (κ1) is 14.1. The third-order valence-electron chi connectivity index (χ3n) is 3.39. The highest BCUT2D eigenvalue weighted by atomic mass is 79.9. The van der Waals surface area contributed by atoms with Crippen LogP contribution in [0.2, 0.25) is 0 Å². The van der Waals surface area contributed by atoms with Gasteiger partial charge in [-0.1, -0.05) is 0 Å². The van der Waals surface area contributed by atoms with E-state index in [2.05, 4.69) is 25.9 Å². The Kier molecular flexibility index (Phi) is 3.27. The van der Waals surface area contributed by atoms with E-state index in [0.29, 0.717) is 21.2 Å². The van der Waals surface area contributed by atoms with E-state index in [-0.39, 0.29) is 18.7 Å². The normalized spacial score (nSPS) is 17.4. The average Bonchev–Trinajstić information content (AvgIpc) is 2.82. The molecule has 1 saturated heterocycles. The smallest absolute Gasteiger partial charge is 0.272 e. The predicted octanol–water partition coefficient (Wildman–Crippen LogP) is 2.46. The van der Waals surface area contributed by atoms with Crippen LogP contribution in [0, 0.1) is 0 Å². The van der Waals surface area contributed by atoms with E-state index in [1.165, 1.54) is 12.3 Å². The molecular formula is C13H11BrF2N4O. The number of alkyl halides is 2. The van der Waals surface area contributed by atoms with Gasteiger partial charge in [0.1, 0.15) is 11.5 Å². The molecule has 3 heterocycles. The Morgan fingerprint density at radius 1 is 1.43 bits per heavy atom. The molecule has 8 heteroatoms. The Bertz CT molecular complexity index is 737. The second-order valence-corrected chi connectivity index (χ2v) is 5.77. The van der Waals surface area contributed by atoms with Crippen LogP contribution in [0.3, 0.4) is 0 Å². The number of hydrogen-bond acceptors (Lipinski definition) is 4. The lowest BCUT2D eigenvalue weighted by molar-refractivity contribution is 0.0119. The molecule has 2 aromatic heterocycles. The van der Waals surface area contributed by atoms with Gasteiger partial charge in [0.25, 0.3) is 11.8 Å². The fourth-order valence-electron chi connectivity index (χ4n) is 2.30. The van der Waals surface area contributed by atoms with Gasteiger partial charge < -0.3 is 10.6 Å². The third kappa shape index (κ3) is 2.55. The monoisotopic (exact) mass is 356 g/mol. The van der Waals surface area contributed by atoms with Crippen molar-refractivity contribution in [1.29, 1.82) is 0 Å². The van der Waals surface area contributed by atoms with Gasteiger partial charge in [-0.2, -0.15) is 0 Å². The molecule has 0 spiro atoms. The molecule has 2 aromatic rings. The molecule has 0 bridgehead atoms. The van der Waals surface area contributed by atoms with Crippen LogP contribution in [0.4, 0.5) is 14.6 Å². The van der Waals surface area contributed by atoms with Gasteiger partial charge in [0.2, 0.25) is 0 Å². The van der Waals surface area contributed by atoms with Gasteiger partial charge in [-0.15, -0.1) is 0 Å². The Morgan fingerprint density at radius 2 is 2.19 bits per heavy atom. The highest BCUT2D eigenvalue weighted by Gasteiger charge is 2.40. The molecule has 1 amide bonds. The van der Waals surface area contributed by atoms with Crippen molar-refractivity contribution < 1.29 is 13.6 Å². The van der Waals surface area contributed by atoms with Crippen LogP contribution in [0.25, 0.3) is 10.9 Å². The van der Waals surface area contributed by atoms with Crippen LogP contribution in [-0.4, -0.2) is 39.8 Å². The number of likely N-dealkylation sites (tertiary alicyclic amines) is 1. The van der Waals surface area contributed by atoms with Gasteiger partial charge in [0.15, 0.2) is 0 Å². The summed E-state index contributed by atoms with van der Waals surface area (Å²) in [5.41, 5.74) is 6.35. The Balaban J connectivity index is 1.98. The zero-order valence-electron chi connectivity index (χ0n) is 10.8. The van der Waals surface area contributed by atoms with Crippen molar-refractivity contribution in [2.24, 2.45) is 0 Å². The lowest BCUT2D eigenvalue weighted by Gasteiger charge is -2.16. The summed E-state index contributed by atoms with van der Waals surface area (Å²) >= 11 is 3.29. The molecule has 21 heavy (non-hydrogen) atoms. The molecule has 3 rings (SSSR count). The molecule has 1 fully saturated rings. The number of halogens is 3. The van der Waals surface area contributed by atoms with Crippen LogP contribution in [0.15, 0.2) is 22.8 Å². The van der Waals surface area contributed by atoms with Crippen LogP contribution in [0.1, 0.15) is 16.9 Å². The van der Waals surface area contributed by atoms with Gasteiger partial charge >= 0.3 is 0 Å². The van der Waals surface area contributed by atoms with Crippen molar-refractivity contribution in [1.82, 2.24) is 14.9 Å². The number of carbonyl (C=O) groups is 1. The van der Waals surface area contributed by atoms with Crippen molar-refractivity contribution in [2.75, 3.05) is 18.8 Å². The first-order valence-corrected chi connectivity index (χ1v) is 7.04. The number of aromatic nitrogens is 2. The highest BCUT2D eigenvalue weighted by Crippen LogP contribution is 2.29. The fourth-order valence-corrected chi connectivity index (χ4v) is 2.70. The fraction of sp³-hybridized carbons (Fsp3) is 0.308. The summed E-state index contributed by atoms with van der Waals surface area (Å²) in [4.78, 5) is 21.6. The molecule has 0 saturated carbocycles. The number of carbonyl (C=O) groups excluding carboxylic acids is 1. The first-order chi connectivity index (χ1) is 9.87. The largest absolute Gasteiger partial charge is 0.383 e. The molecule has 1 aliphatic heterocycles. The van der Waals surface area contributed by atoms with Crippen molar-refractivity contribution in [2.45, 2.75) is 12.3 Å². The summed E-state index contributed by atoms with van der Waals surface area (Å²) in [6, 6.07) is 3.10. The van der Waals surface area contributed by atoms with Gasteiger partial charge in [0, 0.05) is 24.5 Å². The lowest BCUT2D eigenvalue weighted by atomic mass is 10.2. The number of nitrogens with zero attached hydrogens (tertiary/aromatic N) is 3. The van der Waals surface area contributed by atoms with E-state index < -0.39 is 18.4 Å². The lowest BCUT2D eigenvalue weighted by Crippen LogP contribution is -2.31. The van der Waals surface area contributed by atoms with Crippen LogP contribution in [-0.2, 0) is 0 Å². The Labute approximate surface area is 127 Å². The second kappa shape index (κ2) is 4.87. The SMILES string of the molecule is Nc1ncc(Br)c2nc(C(=O)N3CCC(F)(F)C3)ccc12. The summed E-state index contributed by atoms with van der Waals surface area (Å²) in [7, 11) is 0. The predicted molar refractivity (Wildman–Crippen MR) is 77.1 cm³/mol. The van der Waals surface area contributed by atoms with Crippen molar-refractivity contribution >= 4 is 38.6 Å². The topological polar surface area (TPSA) is 72.1 Å². The minimum Gasteiger partial charge on any atom is -0.383 e. The van der Waals surface area contributed by atoms with Gasteiger partial charge in [-0.25, -0.2) is 18.7 Å². The maximum absolute atomic E-state index is 13.2. The molecule has 0 atom stereocenters. The Hall–Kier alpha value is -1.83. The molecule has 2 N–H and O–H groups in total. The van der Waals surface area contributed by atoms with Crippen LogP contribution in [0.5, 0.6) is 0 Å². The van der Waals surface area contributed by atoms with Gasteiger partial charge in [0.05, 0.1) is 16.5 Å². The van der Waals surface area contributed by atoms with E-state index in [1.807, 2.05) is 0 Å². The quantitative estimate of drug-likeness (QED) is 0.851. The number of anilines is 1. The molecule has 0 unspecified atom stereocenters. The molecule has 1 aliphatic rings. The number of fused-ring (bicyclic) bond motifs is 1. The molecule has 0 radical (unpaired) electrons. The summed E-state index contributed by atoms with van der Waals surface area (Å²) in [6.07, 6.45) is 1.18. The number of rotatable bonds is 1. The van der Waals surface area contributed by atoms with Crippen molar-refractivity contribution in [3.05, 3.63) is 28.5 Å². The molecule has 0 aliphatic carbocycles.